The van der Waals surface area contributed by atoms with Gasteiger partial charge >= 0.3 is 0 Å². The van der Waals surface area contributed by atoms with Crippen LogP contribution in [0.25, 0.3) is 0 Å². The maximum Gasteiger partial charge on any atom is 0.271 e. The quantitative estimate of drug-likeness (QED) is 0.211. The number of hydrogen-bond acceptors (Lipinski definition) is 8. The van der Waals surface area contributed by atoms with Crippen molar-refractivity contribution in [2.75, 3.05) is 18.5 Å². The zero-order valence-electron chi connectivity index (χ0n) is 22.8. The van der Waals surface area contributed by atoms with Gasteiger partial charge in [-0.1, -0.05) is 24.4 Å². The number of aromatic amines is 1. The van der Waals surface area contributed by atoms with Crippen LogP contribution in [0, 0.1) is 5.92 Å². The summed E-state index contributed by atoms with van der Waals surface area (Å²) in [6.45, 7) is 7.69. The van der Waals surface area contributed by atoms with Gasteiger partial charge in [0.1, 0.15) is 33.7 Å². The first kappa shape index (κ1) is 28.0. The van der Waals surface area contributed by atoms with Crippen LogP contribution in [0.4, 0.5) is 10.8 Å². The van der Waals surface area contributed by atoms with E-state index < -0.39 is 0 Å². The van der Waals surface area contributed by atoms with Crippen LogP contribution in [0.3, 0.4) is 0 Å². The highest BCUT2D eigenvalue weighted by atomic mass is 35.5. The molecule has 12 heteroatoms. The molecule has 2 aliphatic rings. The number of H-pyrrole nitrogens is 1. The van der Waals surface area contributed by atoms with Crippen LogP contribution in [0.1, 0.15) is 67.1 Å². The molecule has 1 unspecified atom stereocenters. The molecule has 1 aromatic carbocycles. The summed E-state index contributed by atoms with van der Waals surface area (Å²) >= 11 is 7.67. The van der Waals surface area contributed by atoms with E-state index in [1.165, 1.54) is 19.0 Å². The fourth-order valence-electron chi connectivity index (χ4n) is 4.88. The van der Waals surface area contributed by atoms with Crippen molar-refractivity contribution in [1.29, 1.82) is 0 Å². The Hall–Kier alpha value is -3.57. The lowest BCUT2D eigenvalue weighted by Gasteiger charge is -2.17. The maximum absolute atomic E-state index is 13.4. The van der Waals surface area contributed by atoms with Gasteiger partial charge in [0.15, 0.2) is 0 Å². The van der Waals surface area contributed by atoms with Crippen LogP contribution in [0.2, 0.25) is 5.02 Å². The summed E-state index contributed by atoms with van der Waals surface area (Å²) in [5.74, 6) is 2.45. The Bertz CT molecular complexity index is 1500. The van der Waals surface area contributed by atoms with E-state index >= 15 is 0 Å². The SMILES string of the molecule is CCOc1cc2c(c(OCC)c1)CN(C(=O)c1cnc(Nc3s[nH]c(=O)c3C(N)=NC(C)CC3CC3)cc1Cl)C2. The number of pyridine rings is 1. The Morgan fingerprint density at radius 2 is 2.05 bits per heavy atom. The van der Waals surface area contributed by atoms with Gasteiger partial charge in [-0.3, -0.25) is 19.0 Å². The van der Waals surface area contributed by atoms with Crippen molar-refractivity contribution in [3.8, 4) is 11.5 Å². The zero-order valence-corrected chi connectivity index (χ0v) is 24.3. The Labute approximate surface area is 241 Å². The third kappa shape index (κ3) is 6.10. The average molecular weight is 585 g/mol. The summed E-state index contributed by atoms with van der Waals surface area (Å²) in [5, 5.41) is 3.83. The van der Waals surface area contributed by atoms with Gasteiger partial charge in [0.05, 0.1) is 30.3 Å². The molecule has 0 spiro atoms. The van der Waals surface area contributed by atoms with Crippen molar-refractivity contribution < 1.29 is 14.3 Å². The molecule has 0 bridgehead atoms. The summed E-state index contributed by atoms with van der Waals surface area (Å²) < 4.78 is 14.2. The van der Waals surface area contributed by atoms with Gasteiger partial charge in [0.25, 0.3) is 11.5 Å². The zero-order chi connectivity index (χ0) is 28.4. The number of amidine groups is 1. The molecular formula is C28H33ClN6O4S. The van der Waals surface area contributed by atoms with E-state index in [4.69, 9.17) is 26.8 Å². The molecule has 2 aromatic heterocycles. The number of aromatic nitrogens is 2. The highest BCUT2D eigenvalue weighted by Gasteiger charge is 2.29. The number of hydrogen-bond donors (Lipinski definition) is 3. The number of ether oxygens (including phenoxy) is 2. The van der Waals surface area contributed by atoms with Crippen LogP contribution >= 0.6 is 23.1 Å². The number of fused-ring (bicyclic) bond motifs is 1. The minimum absolute atomic E-state index is 0.0321. The van der Waals surface area contributed by atoms with E-state index in [0.717, 1.165) is 29.1 Å². The second-order valence-electron chi connectivity index (χ2n) is 10.0. The van der Waals surface area contributed by atoms with Crippen LogP contribution in [0.5, 0.6) is 11.5 Å². The molecule has 3 heterocycles. The Kier molecular flexibility index (Phi) is 8.32. The van der Waals surface area contributed by atoms with Crippen LogP contribution < -0.4 is 26.1 Å². The van der Waals surface area contributed by atoms with Crippen molar-refractivity contribution in [1.82, 2.24) is 14.3 Å². The summed E-state index contributed by atoms with van der Waals surface area (Å²) in [7, 11) is 0. The van der Waals surface area contributed by atoms with Gasteiger partial charge in [0, 0.05) is 36.5 Å². The smallest absolute Gasteiger partial charge is 0.271 e. The monoisotopic (exact) mass is 584 g/mol. The molecule has 1 saturated carbocycles. The number of benzene rings is 1. The number of nitrogens with one attached hydrogen (secondary N) is 2. The third-order valence-electron chi connectivity index (χ3n) is 6.90. The van der Waals surface area contributed by atoms with Gasteiger partial charge in [-0.25, -0.2) is 4.98 Å². The molecule has 1 fully saturated rings. The molecule has 10 nitrogen and oxygen atoms in total. The Balaban J connectivity index is 1.31. The molecule has 4 N–H and O–H groups in total. The lowest BCUT2D eigenvalue weighted by Crippen LogP contribution is -2.26. The molecule has 5 rings (SSSR count). The number of carbonyl (C=O) groups is 1. The molecule has 3 aromatic rings. The second kappa shape index (κ2) is 11.9. The van der Waals surface area contributed by atoms with Crippen molar-refractivity contribution in [3.05, 3.63) is 62.0 Å². The molecule has 1 aliphatic carbocycles. The van der Waals surface area contributed by atoms with E-state index in [-0.39, 0.29) is 39.5 Å². The summed E-state index contributed by atoms with van der Waals surface area (Å²) in [6.07, 6.45) is 4.85. The number of nitrogens with zero attached hydrogens (tertiary/aromatic N) is 3. The minimum atomic E-state index is -0.321. The number of halogens is 1. The number of amides is 1. The number of anilines is 2. The van der Waals surface area contributed by atoms with E-state index in [9.17, 15) is 9.59 Å². The fraction of sp³-hybridized carbons (Fsp3) is 0.429. The molecule has 1 atom stereocenters. The summed E-state index contributed by atoms with van der Waals surface area (Å²) in [5.41, 5.74) is 8.40. The number of carbonyl (C=O) groups excluding carboxylic acids is 1. The number of rotatable bonds is 11. The summed E-state index contributed by atoms with van der Waals surface area (Å²) in [6, 6.07) is 5.41. The van der Waals surface area contributed by atoms with Crippen molar-refractivity contribution in [2.24, 2.45) is 16.6 Å². The fourth-order valence-corrected chi connectivity index (χ4v) is 5.87. The highest BCUT2D eigenvalue weighted by Crippen LogP contribution is 2.37. The normalized spacial score (nSPS) is 15.6. The maximum atomic E-state index is 13.4. The first-order valence-electron chi connectivity index (χ1n) is 13.5. The van der Waals surface area contributed by atoms with Crippen molar-refractivity contribution in [2.45, 2.75) is 59.2 Å². The first-order chi connectivity index (χ1) is 19.3. The number of nitrogens with two attached hydrogens (primary N) is 1. The largest absolute Gasteiger partial charge is 0.494 e. The van der Waals surface area contributed by atoms with Gasteiger partial charge < -0.3 is 25.4 Å². The predicted octanol–water partition coefficient (Wildman–Crippen LogP) is 5.08. The first-order valence-corrected chi connectivity index (χ1v) is 14.6. The topological polar surface area (TPSA) is 135 Å². The van der Waals surface area contributed by atoms with Crippen molar-refractivity contribution >= 4 is 45.7 Å². The molecule has 0 saturated heterocycles. The van der Waals surface area contributed by atoms with Gasteiger partial charge in [-0.15, -0.1) is 0 Å². The van der Waals surface area contributed by atoms with E-state index in [1.807, 2.05) is 32.9 Å². The Morgan fingerprint density at radius 3 is 2.75 bits per heavy atom. The van der Waals surface area contributed by atoms with Gasteiger partial charge in [-0.2, -0.15) is 0 Å². The summed E-state index contributed by atoms with van der Waals surface area (Å²) in [4.78, 5) is 36.6. The standard InChI is InChI=1S/C28H33ClN6O4S/c1-4-38-18-9-17-13-35(14-20(17)22(10-18)39-5-2)28(37)19-12-31-23(11-21(19)29)33-27-24(26(36)34-40-27)25(30)32-15(3)8-16-6-7-16/h9-12,15-16H,4-8,13-14H2,1-3H3,(H2,30,32)(H,31,33)(H,34,36). The second-order valence-corrected chi connectivity index (χ2v) is 11.3. The lowest BCUT2D eigenvalue weighted by molar-refractivity contribution is 0.0750. The third-order valence-corrected chi connectivity index (χ3v) is 8.01. The Morgan fingerprint density at radius 1 is 1.27 bits per heavy atom. The van der Waals surface area contributed by atoms with Crippen molar-refractivity contribution in [3.63, 3.8) is 0 Å². The molecule has 1 aliphatic heterocycles. The van der Waals surface area contributed by atoms with Gasteiger partial charge in [0.2, 0.25) is 0 Å². The molecule has 40 heavy (non-hydrogen) atoms. The molecule has 0 radical (unpaired) electrons. The van der Waals surface area contributed by atoms with Crippen LogP contribution in [0.15, 0.2) is 34.2 Å². The number of aliphatic imine (C=N–C) groups is 1. The van der Waals surface area contributed by atoms with Crippen LogP contribution in [-0.2, 0) is 13.1 Å². The lowest BCUT2D eigenvalue weighted by atomic mass is 10.1. The van der Waals surface area contributed by atoms with E-state index in [2.05, 4.69) is 19.7 Å². The molecular weight excluding hydrogens is 552 g/mol. The molecule has 1 amide bonds. The predicted molar refractivity (Wildman–Crippen MR) is 157 cm³/mol. The minimum Gasteiger partial charge on any atom is -0.494 e. The van der Waals surface area contributed by atoms with Gasteiger partial charge in [-0.05, 0) is 56.3 Å². The molecule has 212 valence electrons. The van der Waals surface area contributed by atoms with E-state index in [0.29, 0.717) is 54.5 Å². The average Bonchev–Trinajstić information content (AvgIpc) is 3.48. The highest BCUT2D eigenvalue weighted by molar-refractivity contribution is 7.10. The van der Waals surface area contributed by atoms with Crippen LogP contribution in [-0.4, -0.2) is 45.3 Å². The van der Waals surface area contributed by atoms with E-state index in [1.54, 1.807) is 11.0 Å².